The molecule has 0 aliphatic carbocycles. The van der Waals surface area contributed by atoms with Gasteiger partial charge in [-0.05, 0) is 29.1 Å². The van der Waals surface area contributed by atoms with Gasteiger partial charge in [0.05, 0.1) is 12.1 Å². The second-order valence-electron chi connectivity index (χ2n) is 8.39. The summed E-state index contributed by atoms with van der Waals surface area (Å²) in [4.78, 5) is 12.2. The molecule has 1 fully saturated rings. The Morgan fingerprint density at radius 1 is 1.00 bits per heavy atom. The topological polar surface area (TPSA) is 38.3 Å². The van der Waals surface area contributed by atoms with Gasteiger partial charge in [-0.25, -0.2) is 0 Å². The summed E-state index contributed by atoms with van der Waals surface area (Å²) in [6, 6.07) is 10.5. The fourth-order valence-corrected chi connectivity index (χ4v) is 11.4. The summed E-state index contributed by atoms with van der Waals surface area (Å²) >= 11 is 1.74. The Hall–Kier alpha value is -0.783. The van der Waals surface area contributed by atoms with Gasteiger partial charge in [0.1, 0.15) is 5.25 Å². The lowest BCUT2D eigenvalue weighted by Crippen LogP contribution is -2.67. The maximum atomic E-state index is 12.2. The number of benzene rings is 1. The van der Waals surface area contributed by atoms with Crippen LogP contribution in [0.2, 0.25) is 16.6 Å². The molecular formula is C21H35NO2SSi. The van der Waals surface area contributed by atoms with Crippen molar-refractivity contribution in [3.05, 3.63) is 35.9 Å². The van der Waals surface area contributed by atoms with Crippen molar-refractivity contribution in [2.75, 3.05) is 0 Å². The van der Waals surface area contributed by atoms with Gasteiger partial charge < -0.3 is 9.74 Å². The van der Waals surface area contributed by atoms with Crippen LogP contribution in [0.1, 0.15) is 54.0 Å². The minimum Gasteiger partial charge on any atom is -0.411 e. The van der Waals surface area contributed by atoms with Crippen LogP contribution in [0.4, 0.5) is 0 Å². The van der Waals surface area contributed by atoms with Gasteiger partial charge in [0.15, 0.2) is 0 Å². The molecule has 146 valence electrons. The maximum Gasteiger partial charge on any atom is 0.235 e. The van der Waals surface area contributed by atoms with Crippen LogP contribution in [-0.2, 0) is 15.0 Å². The number of thioether (sulfide) groups is 1. The van der Waals surface area contributed by atoms with Crippen molar-refractivity contribution in [1.82, 2.24) is 5.32 Å². The van der Waals surface area contributed by atoms with Crippen molar-refractivity contribution in [3.63, 3.8) is 0 Å². The van der Waals surface area contributed by atoms with Crippen molar-refractivity contribution in [2.24, 2.45) is 0 Å². The van der Waals surface area contributed by atoms with Gasteiger partial charge in [0, 0.05) is 5.75 Å². The lowest BCUT2D eigenvalue weighted by molar-refractivity contribution is -0.129. The Morgan fingerprint density at radius 3 is 2.00 bits per heavy atom. The van der Waals surface area contributed by atoms with Crippen LogP contribution in [0, 0.1) is 0 Å². The highest BCUT2D eigenvalue weighted by Crippen LogP contribution is 2.44. The molecule has 1 aliphatic heterocycles. The Balaban J connectivity index is 2.05. The highest BCUT2D eigenvalue weighted by Gasteiger charge is 2.50. The number of amides is 1. The van der Waals surface area contributed by atoms with E-state index in [-0.39, 0.29) is 23.3 Å². The zero-order valence-corrected chi connectivity index (χ0v) is 19.1. The van der Waals surface area contributed by atoms with E-state index in [1.54, 1.807) is 11.8 Å². The quantitative estimate of drug-likeness (QED) is 0.453. The standard InChI is InChI=1S/C21H35NO2SSi/c1-14(2)26(15(3)4,16(5)6)24-17(7)19-20(21(23)22-19)25-13-18-11-9-8-10-12-18/h8-12,14-17,19-20H,13H2,1-7H3,(H,22,23)/t17-,19-,20-/m0/s1. The van der Waals surface area contributed by atoms with Crippen LogP contribution in [0.25, 0.3) is 0 Å². The van der Waals surface area contributed by atoms with E-state index >= 15 is 0 Å². The van der Waals surface area contributed by atoms with Gasteiger partial charge in [-0.3, -0.25) is 4.79 Å². The third-order valence-corrected chi connectivity index (χ3v) is 13.3. The van der Waals surface area contributed by atoms with E-state index in [9.17, 15) is 4.79 Å². The Morgan fingerprint density at radius 2 is 1.54 bits per heavy atom. The molecule has 1 saturated heterocycles. The molecule has 2 rings (SSSR count). The van der Waals surface area contributed by atoms with Crippen LogP contribution in [0.5, 0.6) is 0 Å². The second kappa shape index (κ2) is 8.94. The molecule has 1 aromatic rings. The molecule has 5 heteroatoms. The normalized spacial score (nSPS) is 21.8. The smallest absolute Gasteiger partial charge is 0.235 e. The predicted octanol–water partition coefficient (Wildman–Crippen LogP) is 5.37. The highest BCUT2D eigenvalue weighted by molar-refractivity contribution is 8.00. The first-order chi connectivity index (χ1) is 12.2. The molecule has 0 bridgehead atoms. The number of hydrogen-bond acceptors (Lipinski definition) is 3. The first kappa shape index (κ1) is 21.5. The summed E-state index contributed by atoms with van der Waals surface area (Å²) in [5, 5.41) is 3.09. The van der Waals surface area contributed by atoms with Crippen molar-refractivity contribution < 1.29 is 9.22 Å². The van der Waals surface area contributed by atoms with E-state index in [1.165, 1.54) is 5.56 Å². The average molecular weight is 394 g/mol. The molecule has 1 aromatic carbocycles. The van der Waals surface area contributed by atoms with E-state index in [4.69, 9.17) is 4.43 Å². The molecule has 1 aliphatic rings. The van der Waals surface area contributed by atoms with Gasteiger partial charge in [0.25, 0.3) is 0 Å². The lowest BCUT2D eigenvalue weighted by Gasteiger charge is -2.48. The van der Waals surface area contributed by atoms with E-state index < -0.39 is 8.32 Å². The summed E-state index contributed by atoms with van der Waals surface area (Å²) in [6.07, 6.45) is 0.0554. The van der Waals surface area contributed by atoms with Crippen LogP contribution >= 0.6 is 11.8 Å². The van der Waals surface area contributed by atoms with Crippen LogP contribution in [0.3, 0.4) is 0 Å². The third-order valence-electron chi connectivity index (χ3n) is 5.77. The summed E-state index contributed by atoms with van der Waals surface area (Å²) < 4.78 is 6.87. The molecule has 1 heterocycles. The molecule has 26 heavy (non-hydrogen) atoms. The number of rotatable bonds is 9. The Kier molecular flexibility index (Phi) is 7.40. The molecule has 1 amide bonds. The van der Waals surface area contributed by atoms with Crippen molar-refractivity contribution in [2.45, 2.75) is 88.2 Å². The van der Waals surface area contributed by atoms with Gasteiger partial charge in [-0.15, -0.1) is 11.8 Å². The van der Waals surface area contributed by atoms with E-state index in [2.05, 4.69) is 65.9 Å². The van der Waals surface area contributed by atoms with Gasteiger partial charge in [0.2, 0.25) is 14.2 Å². The minimum atomic E-state index is -1.93. The summed E-state index contributed by atoms with van der Waals surface area (Å²) in [5.74, 6) is 1.01. The van der Waals surface area contributed by atoms with E-state index in [0.717, 1.165) is 5.75 Å². The van der Waals surface area contributed by atoms with E-state index in [1.807, 2.05) is 18.2 Å². The van der Waals surface area contributed by atoms with Crippen molar-refractivity contribution >= 4 is 26.0 Å². The second-order valence-corrected chi connectivity index (χ2v) is 14.9. The Labute approximate surface area is 164 Å². The zero-order chi connectivity index (χ0) is 19.5. The van der Waals surface area contributed by atoms with Gasteiger partial charge in [-0.2, -0.15) is 0 Å². The molecular weight excluding hydrogens is 358 g/mol. The molecule has 3 nitrogen and oxygen atoms in total. The van der Waals surface area contributed by atoms with Crippen molar-refractivity contribution in [3.8, 4) is 0 Å². The van der Waals surface area contributed by atoms with Crippen molar-refractivity contribution in [1.29, 1.82) is 0 Å². The predicted molar refractivity (Wildman–Crippen MR) is 115 cm³/mol. The number of nitrogens with one attached hydrogen (secondary N) is 1. The number of carbonyl (C=O) groups excluding carboxylic acids is 1. The van der Waals surface area contributed by atoms with Gasteiger partial charge in [-0.1, -0.05) is 71.9 Å². The molecule has 0 aromatic heterocycles. The number of carbonyl (C=O) groups is 1. The molecule has 1 N–H and O–H groups in total. The molecule has 0 saturated carbocycles. The van der Waals surface area contributed by atoms with Crippen LogP contribution in [0.15, 0.2) is 30.3 Å². The zero-order valence-electron chi connectivity index (χ0n) is 17.3. The minimum absolute atomic E-state index is 0.0107. The highest BCUT2D eigenvalue weighted by atomic mass is 32.2. The molecule has 0 spiro atoms. The van der Waals surface area contributed by atoms with Crippen LogP contribution in [-0.4, -0.2) is 31.6 Å². The summed E-state index contributed by atoms with van der Waals surface area (Å²) in [5.41, 5.74) is 2.92. The first-order valence-corrected chi connectivity index (χ1v) is 13.0. The monoisotopic (exact) mass is 393 g/mol. The largest absolute Gasteiger partial charge is 0.411 e. The van der Waals surface area contributed by atoms with Crippen LogP contribution < -0.4 is 5.32 Å². The molecule has 0 radical (unpaired) electrons. The van der Waals surface area contributed by atoms with E-state index in [0.29, 0.717) is 16.6 Å². The molecule has 3 atom stereocenters. The fourth-order valence-electron chi connectivity index (χ4n) is 4.50. The maximum absolute atomic E-state index is 12.2. The molecule has 0 unspecified atom stereocenters. The summed E-state index contributed by atoms with van der Waals surface area (Å²) in [6.45, 7) is 16.0. The Bertz CT molecular complexity index is 569. The third kappa shape index (κ3) is 4.37. The SMILES string of the molecule is CC(C)[Si](O[C@@H](C)[C@@H]1NC(=O)[C@H]1SCc1ccccc1)(C(C)C)C(C)C. The number of β-lactam (4-membered cyclic amide) rings is 1. The first-order valence-electron chi connectivity index (χ1n) is 9.83. The lowest BCUT2D eigenvalue weighted by atomic mass is 10.0. The average Bonchev–Trinajstić information content (AvgIpc) is 2.57. The number of hydrogen-bond donors (Lipinski definition) is 1. The fraction of sp³-hybridized carbons (Fsp3) is 0.667. The summed E-state index contributed by atoms with van der Waals surface area (Å²) in [7, 11) is -1.93. The van der Waals surface area contributed by atoms with Gasteiger partial charge >= 0.3 is 0 Å².